The number of benzene rings is 2. The van der Waals surface area contributed by atoms with Gasteiger partial charge in [-0.25, -0.2) is 0 Å². The van der Waals surface area contributed by atoms with E-state index in [1.54, 1.807) is 26.4 Å². The molecule has 0 aromatic heterocycles. The van der Waals surface area contributed by atoms with Gasteiger partial charge in [0.15, 0.2) is 0 Å². The molecular formula is C18H26O8P2. The van der Waals surface area contributed by atoms with Gasteiger partial charge < -0.3 is 27.6 Å². The van der Waals surface area contributed by atoms with E-state index in [2.05, 4.69) is 0 Å². The molecule has 0 fully saturated rings. The number of fused-ring (bicyclic) bond motifs is 1. The first-order valence-corrected chi connectivity index (χ1v) is 11.8. The molecule has 0 saturated carbocycles. The van der Waals surface area contributed by atoms with Crippen LogP contribution in [0.4, 0.5) is 0 Å². The lowest BCUT2D eigenvalue weighted by atomic mass is 9.99. The van der Waals surface area contributed by atoms with Gasteiger partial charge in [0, 0.05) is 28.4 Å². The average Bonchev–Trinajstić information content (AvgIpc) is 2.72. The van der Waals surface area contributed by atoms with Crippen molar-refractivity contribution in [2.45, 2.75) is 12.3 Å². The zero-order valence-electron chi connectivity index (χ0n) is 16.9. The molecule has 0 bridgehead atoms. The number of methoxy groups -OCH3 is 2. The number of hydrogen-bond acceptors (Lipinski definition) is 8. The molecule has 0 amide bonds. The predicted molar refractivity (Wildman–Crippen MR) is 108 cm³/mol. The molecule has 0 aliphatic rings. The monoisotopic (exact) mass is 432 g/mol. The van der Waals surface area contributed by atoms with Crippen LogP contribution in [0.5, 0.6) is 11.5 Å². The molecule has 0 saturated heterocycles. The van der Waals surface area contributed by atoms with Crippen LogP contribution < -0.4 is 9.47 Å². The molecule has 0 aliphatic carbocycles. The van der Waals surface area contributed by atoms with Gasteiger partial charge in [-0.05, 0) is 46.2 Å². The Kier molecular flexibility index (Phi) is 7.68. The topological polar surface area (TPSA) is 89.5 Å². The fourth-order valence-corrected chi connectivity index (χ4v) is 5.10. The molecule has 0 radical (unpaired) electrons. The van der Waals surface area contributed by atoms with Gasteiger partial charge in [-0.1, -0.05) is 0 Å². The molecule has 28 heavy (non-hydrogen) atoms. The van der Waals surface area contributed by atoms with Gasteiger partial charge in [0.2, 0.25) is 0 Å². The third-order valence-corrected chi connectivity index (χ3v) is 8.15. The van der Waals surface area contributed by atoms with Crippen molar-refractivity contribution >= 4 is 26.0 Å². The molecule has 0 atom stereocenters. The van der Waals surface area contributed by atoms with Crippen LogP contribution in [-0.2, 0) is 39.5 Å². The van der Waals surface area contributed by atoms with Crippen molar-refractivity contribution < 1.29 is 36.7 Å². The van der Waals surface area contributed by atoms with E-state index in [9.17, 15) is 9.13 Å². The largest absolute Gasteiger partial charge is 0.497 e. The van der Waals surface area contributed by atoms with E-state index < -0.39 is 15.2 Å². The second-order valence-corrected chi connectivity index (χ2v) is 10.5. The van der Waals surface area contributed by atoms with Gasteiger partial charge in [0.05, 0.1) is 26.5 Å². The summed E-state index contributed by atoms with van der Waals surface area (Å²) >= 11 is 0. The third-order valence-electron chi connectivity index (χ3n) is 4.47. The van der Waals surface area contributed by atoms with Crippen molar-refractivity contribution in [2.75, 3.05) is 42.7 Å². The zero-order chi connectivity index (χ0) is 20.9. The molecule has 0 spiro atoms. The maximum Gasteiger partial charge on any atom is 0.334 e. The second kappa shape index (κ2) is 9.40. The molecule has 0 heterocycles. The Hall–Kier alpha value is -1.40. The predicted octanol–water partition coefficient (Wildman–Crippen LogP) is 4.83. The number of hydrogen-bond donors (Lipinski definition) is 0. The molecule has 10 heteroatoms. The van der Waals surface area contributed by atoms with E-state index in [0.717, 1.165) is 10.8 Å². The Morgan fingerprint density at radius 2 is 1.00 bits per heavy atom. The summed E-state index contributed by atoms with van der Waals surface area (Å²) in [6.07, 6.45) is 0.0224. The lowest BCUT2D eigenvalue weighted by molar-refractivity contribution is 0.274. The summed E-state index contributed by atoms with van der Waals surface area (Å²) < 4.78 is 56.8. The van der Waals surface area contributed by atoms with Crippen LogP contribution in [0.1, 0.15) is 11.1 Å². The van der Waals surface area contributed by atoms with E-state index in [1.165, 1.54) is 28.4 Å². The Labute approximate surface area is 165 Å². The van der Waals surface area contributed by atoms with Crippen molar-refractivity contribution in [2.24, 2.45) is 0 Å². The van der Waals surface area contributed by atoms with Crippen LogP contribution in [0.3, 0.4) is 0 Å². The van der Waals surface area contributed by atoms with Crippen molar-refractivity contribution in [3.8, 4) is 11.5 Å². The number of rotatable bonds is 10. The minimum absolute atomic E-state index is 0.0112. The smallest absolute Gasteiger partial charge is 0.334 e. The molecule has 2 aromatic rings. The first-order chi connectivity index (χ1) is 13.3. The van der Waals surface area contributed by atoms with Crippen LogP contribution >= 0.6 is 15.2 Å². The van der Waals surface area contributed by atoms with Gasteiger partial charge in [0.1, 0.15) is 11.5 Å². The van der Waals surface area contributed by atoms with Crippen molar-refractivity contribution in [3.63, 3.8) is 0 Å². The molecule has 2 rings (SSSR count). The highest BCUT2D eigenvalue weighted by atomic mass is 31.2. The van der Waals surface area contributed by atoms with Crippen LogP contribution in [0, 0.1) is 0 Å². The summed E-state index contributed by atoms with van der Waals surface area (Å²) in [7, 11) is 1.70. The van der Waals surface area contributed by atoms with Crippen molar-refractivity contribution in [1.82, 2.24) is 0 Å². The quantitative estimate of drug-likeness (QED) is 0.494. The lowest BCUT2D eigenvalue weighted by Crippen LogP contribution is -2.01. The van der Waals surface area contributed by atoms with Gasteiger partial charge >= 0.3 is 15.2 Å². The Balaban J connectivity index is 2.79. The van der Waals surface area contributed by atoms with Gasteiger partial charge in [0.25, 0.3) is 0 Å². The SMILES string of the molecule is COc1cc(CP(=O)(OC)OC)c2c(CP(=O)(OC)OC)cc(OC)cc2c1. The molecule has 2 aromatic carbocycles. The summed E-state index contributed by atoms with van der Waals surface area (Å²) in [6, 6.07) is 7.15. The lowest BCUT2D eigenvalue weighted by Gasteiger charge is -2.20. The van der Waals surface area contributed by atoms with E-state index in [4.69, 9.17) is 27.6 Å². The fourth-order valence-electron chi connectivity index (χ4n) is 2.95. The molecular weight excluding hydrogens is 406 g/mol. The molecule has 0 unspecified atom stereocenters. The highest BCUT2D eigenvalue weighted by molar-refractivity contribution is 7.53. The van der Waals surface area contributed by atoms with E-state index >= 15 is 0 Å². The summed E-state index contributed by atoms with van der Waals surface area (Å²) in [5.41, 5.74) is 1.33. The first kappa shape index (κ1) is 22.9. The van der Waals surface area contributed by atoms with Gasteiger partial charge in [-0.15, -0.1) is 0 Å². The molecule has 156 valence electrons. The summed E-state index contributed by atoms with van der Waals surface area (Å²) in [6.45, 7) is 0. The van der Waals surface area contributed by atoms with E-state index in [0.29, 0.717) is 22.6 Å². The maximum absolute atomic E-state index is 12.8. The van der Waals surface area contributed by atoms with Crippen LogP contribution in [-0.4, -0.2) is 42.7 Å². The Bertz CT molecular complexity index is 841. The standard InChI is InChI=1S/C18H26O8P2/c1-21-16-7-13-8-17(22-2)10-15(12-28(20,25-5)26-6)18(13)14(9-16)11-27(19,23-3)24-4/h7-10H,11-12H2,1-6H3. The first-order valence-electron chi connectivity index (χ1n) is 8.35. The highest BCUT2D eigenvalue weighted by Gasteiger charge is 2.28. The zero-order valence-corrected chi connectivity index (χ0v) is 18.7. The minimum Gasteiger partial charge on any atom is -0.497 e. The minimum atomic E-state index is -3.36. The third kappa shape index (κ3) is 4.95. The fraction of sp³-hybridized carbons (Fsp3) is 0.444. The van der Waals surface area contributed by atoms with Crippen LogP contribution in [0.2, 0.25) is 0 Å². The Morgan fingerprint density at radius 3 is 1.29 bits per heavy atom. The van der Waals surface area contributed by atoms with Crippen LogP contribution in [0.15, 0.2) is 24.3 Å². The van der Waals surface area contributed by atoms with Crippen LogP contribution in [0.25, 0.3) is 10.8 Å². The van der Waals surface area contributed by atoms with E-state index in [1.807, 2.05) is 12.1 Å². The average molecular weight is 432 g/mol. The van der Waals surface area contributed by atoms with Crippen molar-refractivity contribution in [3.05, 3.63) is 35.4 Å². The highest BCUT2D eigenvalue weighted by Crippen LogP contribution is 2.54. The Morgan fingerprint density at radius 1 is 0.643 bits per heavy atom. The second-order valence-electron chi connectivity index (χ2n) is 5.94. The summed E-state index contributed by atoms with van der Waals surface area (Å²) in [5.74, 6) is 1.14. The maximum atomic E-state index is 12.8. The molecule has 0 aliphatic heterocycles. The molecule has 8 nitrogen and oxygen atoms in total. The number of ether oxygens (including phenoxy) is 2. The normalized spacial score (nSPS) is 12.4. The molecule has 0 N–H and O–H groups in total. The van der Waals surface area contributed by atoms with Gasteiger partial charge in [-0.2, -0.15) is 0 Å². The summed E-state index contributed by atoms with van der Waals surface area (Å²) in [4.78, 5) is 0. The summed E-state index contributed by atoms with van der Waals surface area (Å²) in [5, 5.41) is 1.51. The van der Waals surface area contributed by atoms with Crippen molar-refractivity contribution in [1.29, 1.82) is 0 Å². The van der Waals surface area contributed by atoms with E-state index in [-0.39, 0.29) is 12.3 Å². The van der Waals surface area contributed by atoms with Gasteiger partial charge in [-0.3, -0.25) is 9.13 Å².